The Morgan fingerprint density at radius 3 is 2.69 bits per heavy atom. The first-order valence-electron chi connectivity index (χ1n) is 4.10. The monoisotopic (exact) mass is 178 g/mol. The molecule has 0 spiro atoms. The molecule has 0 unspecified atom stereocenters. The van der Waals surface area contributed by atoms with E-state index in [0.29, 0.717) is 5.69 Å². The van der Waals surface area contributed by atoms with Gasteiger partial charge in [0.25, 0.3) is 0 Å². The van der Waals surface area contributed by atoms with E-state index < -0.39 is 0 Å². The van der Waals surface area contributed by atoms with Crippen LogP contribution in [0, 0.1) is 6.92 Å². The third-order valence-corrected chi connectivity index (χ3v) is 1.56. The summed E-state index contributed by atoms with van der Waals surface area (Å²) in [5, 5.41) is 9.42. The molecule has 70 valence electrons. The van der Waals surface area contributed by atoms with Crippen molar-refractivity contribution >= 4 is 12.0 Å². The second-order valence-corrected chi connectivity index (χ2v) is 3.20. The largest absolute Gasteiger partial charge is 0.506 e. The molecule has 0 heterocycles. The Balaban J connectivity index is 2.93. The molecule has 0 aliphatic heterocycles. The highest BCUT2D eigenvalue weighted by molar-refractivity contribution is 5.64. The van der Waals surface area contributed by atoms with E-state index in [1.165, 1.54) is 0 Å². The van der Waals surface area contributed by atoms with Crippen LogP contribution in [0.15, 0.2) is 23.2 Å². The maximum Gasteiger partial charge on any atom is 0.141 e. The van der Waals surface area contributed by atoms with E-state index in [1.807, 2.05) is 38.1 Å². The lowest BCUT2D eigenvalue weighted by atomic mass is 10.2. The quantitative estimate of drug-likeness (QED) is 0.554. The number of aromatic hydroxyl groups is 1. The van der Waals surface area contributed by atoms with Crippen molar-refractivity contribution in [3.63, 3.8) is 0 Å². The van der Waals surface area contributed by atoms with Crippen LogP contribution in [-0.4, -0.2) is 30.4 Å². The van der Waals surface area contributed by atoms with E-state index in [1.54, 1.807) is 12.4 Å². The highest BCUT2D eigenvalue weighted by Gasteiger charge is 1.97. The molecule has 0 bridgehead atoms. The van der Waals surface area contributed by atoms with Crippen molar-refractivity contribution in [2.45, 2.75) is 6.92 Å². The van der Waals surface area contributed by atoms with E-state index in [9.17, 15) is 5.11 Å². The number of hydrogen-bond acceptors (Lipinski definition) is 2. The summed E-state index contributed by atoms with van der Waals surface area (Å²) in [5.74, 6) is 0.212. The maximum atomic E-state index is 9.42. The van der Waals surface area contributed by atoms with Crippen molar-refractivity contribution in [2.24, 2.45) is 4.99 Å². The first kappa shape index (κ1) is 9.58. The number of hydrogen-bond donors (Lipinski definition) is 1. The van der Waals surface area contributed by atoms with Gasteiger partial charge in [0, 0.05) is 14.1 Å². The molecule has 0 atom stereocenters. The van der Waals surface area contributed by atoms with Gasteiger partial charge in [0.05, 0.1) is 6.34 Å². The summed E-state index contributed by atoms with van der Waals surface area (Å²) in [5.41, 5.74) is 1.69. The molecule has 1 aromatic carbocycles. The summed E-state index contributed by atoms with van der Waals surface area (Å²) in [6.45, 7) is 1.97. The Labute approximate surface area is 78.3 Å². The van der Waals surface area contributed by atoms with Crippen molar-refractivity contribution in [1.29, 1.82) is 0 Å². The van der Waals surface area contributed by atoms with Crippen LogP contribution in [-0.2, 0) is 0 Å². The molecular weight excluding hydrogens is 164 g/mol. The zero-order valence-electron chi connectivity index (χ0n) is 8.15. The van der Waals surface area contributed by atoms with Gasteiger partial charge >= 0.3 is 0 Å². The Morgan fingerprint density at radius 1 is 1.38 bits per heavy atom. The zero-order chi connectivity index (χ0) is 9.84. The van der Waals surface area contributed by atoms with Crippen LogP contribution >= 0.6 is 0 Å². The smallest absolute Gasteiger partial charge is 0.141 e. The molecule has 0 radical (unpaired) electrons. The third-order valence-electron chi connectivity index (χ3n) is 1.56. The average molecular weight is 178 g/mol. The van der Waals surface area contributed by atoms with Gasteiger partial charge in [0.15, 0.2) is 0 Å². The van der Waals surface area contributed by atoms with Crippen LogP contribution in [0.4, 0.5) is 5.69 Å². The van der Waals surface area contributed by atoms with E-state index >= 15 is 0 Å². The lowest BCUT2D eigenvalue weighted by Gasteiger charge is -2.04. The lowest BCUT2D eigenvalue weighted by Crippen LogP contribution is -2.06. The molecule has 0 amide bonds. The van der Waals surface area contributed by atoms with Gasteiger partial charge in [-0.2, -0.15) is 0 Å². The summed E-state index contributed by atoms with van der Waals surface area (Å²) in [6, 6.07) is 5.34. The van der Waals surface area contributed by atoms with E-state index in [0.717, 1.165) is 5.56 Å². The van der Waals surface area contributed by atoms with Gasteiger partial charge in [-0.05, 0) is 24.6 Å². The van der Waals surface area contributed by atoms with Crippen molar-refractivity contribution in [1.82, 2.24) is 4.90 Å². The molecule has 1 aromatic rings. The van der Waals surface area contributed by atoms with Crippen LogP contribution < -0.4 is 0 Å². The molecule has 3 nitrogen and oxygen atoms in total. The molecule has 1 N–H and O–H groups in total. The number of phenolic OH excluding ortho intramolecular Hbond substituents is 1. The number of phenols is 1. The lowest BCUT2D eigenvalue weighted by molar-refractivity contribution is 0.476. The number of aliphatic imine (C=N–C) groups is 1. The number of benzene rings is 1. The number of nitrogens with zero attached hydrogens (tertiary/aromatic N) is 2. The highest BCUT2D eigenvalue weighted by atomic mass is 16.3. The Kier molecular flexibility index (Phi) is 2.90. The molecular formula is C10H14N2O. The molecule has 0 fully saturated rings. The first-order valence-corrected chi connectivity index (χ1v) is 4.10. The van der Waals surface area contributed by atoms with Gasteiger partial charge in [0.1, 0.15) is 11.4 Å². The van der Waals surface area contributed by atoms with Crippen LogP contribution in [0.5, 0.6) is 5.75 Å². The van der Waals surface area contributed by atoms with E-state index in [2.05, 4.69) is 4.99 Å². The van der Waals surface area contributed by atoms with Crippen molar-refractivity contribution in [2.75, 3.05) is 14.1 Å². The average Bonchev–Trinajstić information content (AvgIpc) is 2.06. The van der Waals surface area contributed by atoms with Crippen molar-refractivity contribution < 1.29 is 5.11 Å². The molecule has 3 heteroatoms. The van der Waals surface area contributed by atoms with Gasteiger partial charge in [-0.3, -0.25) is 0 Å². The normalized spacial score (nSPS) is 10.7. The summed E-state index contributed by atoms with van der Waals surface area (Å²) in [4.78, 5) is 5.94. The minimum Gasteiger partial charge on any atom is -0.506 e. The maximum absolute atomic E-state index is 9.42. The van der Waals surface area contributed by atoms with E-state index in [-0.39, 0.29) is 5.75 Å². The van der Waals surface area contributed by atoms with Gasteiger partial charge in [-0.1, -0.05) is 6.07 Å². The third kappa shape index (κ3) is 2.78. The fourth-order valence-electron chi connectivity index (χ4n) is 0.915. The summed E-state index contributed by atoms with van der Waals surface area (Å²) >= 11 is 0. The van der Waals surface area contributed by atoms with Gasteiger partial charge < -0.3 is 10.0 Å². The standard InChI is InChI=1S/C10H14N2O/c1-8-4-5-10(13)9(6-8)11-7-12(2)3/h4-7,13H,1-3H3. The summed E-state index contributed by atoms with van der Waals surface area (Å²) < 4.78 is 0. The topological polar surface area (TPSA) is 35.8 Å². The number of rotatable bonds is 2. The highest BCUT2D eigenvalue weighted by Crippen LogP contribution is 2.26. The minimum atomic E-state index is 0.212. The van der Waals surface area contributed by atoms with Gasteiger partial charge in [0.2, 0.25) is 0 Å². The Bertz CT molecular complexity index is 319. The number of aryl methyl sites for hydroxylation is 1. The molecule has 1 rings (SSSR count). The van der Waals surface area contributed by atoms with E-state index in [4.69, 9.17) is 0 Å². The SMILES string of the molecule is Cc1ccc(O)c(N=CN(C)C)c1. The molecule has 13 heavy (non-hydrogen) atoms. The molecule has 0 aromatic heterocycles. The second kappa shape index (κ2) is 3.94. The van der Waals surface area contributed by atoms with Crippen LogP contribution in [0.3, 0.4) is 0 Å². The fourth-order valence-corrected chi connectivity index (χ4v) is 0.915. The minimum absolute atomic E-state index is 0.212. The predicted molar refractivity (Wildman–Crippen MR) is 54.7 cm³/mol. The fraction of sp³-hybridized carbons (Fsp3) is 0.300. The van der Waals surface area contributed by atoms with Crippen LogP contribution in [0.25, 0.3) is 0 Å². The molecule has 0 aliphatic carbocycles. The summed E-state index contributed by atoms with van der Waals surface area (Å²) in [7, 11) is 3.77. The molecule has 0 saturated heterocycles. The second-order valence-electron chi connectivity index (χ2n) is 3.20. The predicted octanol–water partition coefficient (Wildman–Crippen LogP) is 1.92. The summed E-state index contributed by atoms with van der Waals surface area (Å²) in [6.07, 6.45) is 1.66. The molecule has 0 aliphatic rings. The van der Waals surface area contributed by atoms with Crippen LogP contribution in [0.1, 0.15) is 5.56 Å². The van der Waals surface area contributed by atoms with Gasteiger partial charge in [-0.25, -0.2) is 4.99 Å². The first-order chi connectivity index (χ1) is 6.09. The van der Waals surface area contributed by atoms with Crippen molar-refractivity contribution in [3.05, 3.63) is 23.8 Å². The van der Waals surface area contributed by atoms with Gasteiger partial charge in [-0.15, -0.1) is 0 Å². The Morgan fingerprint density at radius 2 is 2.08 bits per heavy atom. The Hall–Kier alpha value is -1.51. The zero-order valence-corrected chi connectivity index (χ0v) is 8.15. The van der Waals surface area contributed by atoms with Crippen molar-refractivity contribution in [3.8, 4) is 5.75 Å². The molecule has 0 saturated carbocycles. The van der Waals surface area contributed by atoms with Crippen LogP contribution in [0.2, 0.25) is 0 Å².